The number of hydrogen-bond acceptors (Lipinski definition) is 3. The molecule has 5 heteroatoms. The van der Waals surface area contributed by atoms with Crippen LogP contribution in [0.25, 0.3) is 0 Å². The van der Waals surface area contributed by atoms with E-state index in [2.05, 4.69) is 0 Å². The van der Waals surface area contributed by atoms with Crippen molar-refractivity contribution in [1.82, 2.24) is 4.90 Å². The second-order valence-corrected chi connectivity index (χ2v) is 3.22. The van der Waals surface area contributed by atoms with Gasteiger partial charge in [0.2, 0.25) is 11.8 Å². The number of primary amides is 1. The van der Waals surface area contributed by atoms with E-state index in [0.717, 1.165) is 0 Å². The number of likely N-dealkylation sites (tertiary alicyclic amines) is 1. The molecule has 0 spiro atoms. The Morgan fingerprint density at radius 2 is 1.92 bits per heavy atom. The normalized spacial score (nSPS) is 18.7. The Hall–Kier alpha value is -1.10. The van der Waals surface area contributed by atoms with Crippen molar-refractivity contribution in [3.63, 3.8) is 0 Å². The molecule has 5 nitrogen and oxygen atoms in total. The van der Waals surface area contributed by atoms with Crippen molar-refractivity contribution in [1.29, 1.82) is 0 Å². The van der Waals surface area contributed by atoms with Gasteiger partial charge in [-0.05, 0) is 12.8 Å². The van der Waals surface area contributed by atoms with Crippen molar-refractivity contribution in [3.8, 4) is 0 Å². The van der Waals surface area contributed by atoms with Crippen LogP contribution in [0.15, 0.2) is 0 Å². The standard InChI is InChI=1S/C8H14N2O3/c9-8(13)6-1-3-10(4-2-6)7(12)5-11/h6,11H,1-5H2,(H2,9,13). The van der Waals surface area contributed by atoms with E-state index >= 15 is 0 Å². The minimum atomic E-state index is -0.457. The van der Waals surface area contributed by atoms with Gasteiger partial charge < -0.3 is 15.7 Å². The predicted octanol–water partition coefficient (Wildman–Crippen LogP) is -1.30. The summed E-state index contributed by atoms with van der Waals surface area (Å²) in [6.45, 7) is 0.585. The van der Waals surface area contributed by atoms with Crippen LogP contribution in [0.2, 0.25) is 0 Å². The third-order valence-corrected chi connectivity index (χ3v) is 2.39. The minimum absolute atomic E-state index is 0.109. The van der Waals surface area contributed by atoms with Crippen molar-refractivity contribution in [2.75, 3.05) is 19.7 Å². The molecule has 0 aromatic carbocycles. The Balaban J connectivity index is 2.39. The molecular weight excluding hydrogens is 172 g/mol. The lowest BCUT2D eigenvalue weighted by Gasteiger charge is -2.29. The summed E-state index contributed by atoms with van der Waals surface area (Å²) in [6.07, 6.45) is 1.22. The summed E-state index contributed by atoms with van der Waals surface area (Å²) in [5, 5.41) is 8.58. The molecule has 3 N–H and O–H groups in total. The summed E-state index contributed by atoms with van der Waals surface area (Å²) in [6, 6.07) is 0. The first-order valence-corrected chi connectivity index (χ1v) is 4.33. The van der Waals surface area contributed by atoms with Crippen molar-refractivity contribution in [2.24, 2.45) is 11.7 Å². The average molecular weight is 186 g/mol. The zero-order chi connectivity index (χ0) is 9.84. The van der Waals surface area contributed by atoms with Crippen molar-refractivity contribution >= 4 is 11.8 Å². The molecule has 0 radical (unpaired) electrons. The highest BCUT2D eigenvalue weighted by Gasteiger charge is 2.25. The fourth-order valence-electron chi connectivity index (χ4n) is 1.51. The Kier molecular flexibility index (Phi) is 3.25. The maximum atomic E-state index is 11.0. The van der Waals surface area contributed by atoms with Gasteiger partial charge in [0.15, 0.2) is 0 Å². The zero-order valence-corrected chi connectivity index (χ0v) is 7.40. The van der Waals surface area contributed by atoms with Crippen LogP contribution in [0.1, 0.15) is 12.8 Å². The number of nitrogens with zero attached hydrogens (tertiary/aromatic N) is 1. The topological polar surface area (TPSA) is 83.6 Å². The molecule has 0 aliphatic carbocycles. The molecule has 74 valence electrons. The number of aliphatic hydroxyl groups excluding tert-OH is 1. The van der Waals surface area contributed by atoms with Gasteiger partial charge in [0.05, 0.1) is 0 Å². The molecule has 0 unspecified atom stereocenters. The molecule has 1 aliphatic heterocycles. The monoisotopic (exact) mass is 186 g/mol. The van der Waals surface area contributed by atoms with Gasteiger partial charge in [-0.25, -0.2) is 0 Å². The second kappa shape index (κ2) is 4.23. The molecule has 0 bridgehead atoms. The van der Waals surface area contributed by atoms with Crippen LogP contribution < -0.4 is 5.73 Å². The fourth-order valence-corrected chi connectivity index (χ4v) is 1.51. The van der Waals surface area contributed by atoms with Crippen LogP contribution in [0, 0.1) is 5.92 Å². The summed E-state index contributed by atoms with van der Waals surface area (Å²) in [4.78, 5) is 23.3. The van der Waals surface area contributed by atoms with Crippen molar-refractivity contribution in [2.45, 2.75) is 12.8 Å². The van der Waals surface area contributed by atoms with Crippen LogP contribution in [-0.4, -0.2) is 41.5 Å². The van der Waals surface area contributed by atoms with Gasteiger partial charge in [0, 0.05) is 19.0 Å². The molecule has 1 heterocycles. The Morgan fingerprint density at radius 1 is 1.38 bits per heavy atom. The second-order valence-electron chi connectivity index (χ2n) is 3.22. The molecule has 1 aliphatic rings. The Labute approximate surface area is 76.5 Å². The number of piperidine rings is 1. The average Bonchev–Trinajstić information content (AvgIpc) is 2.17. The van der Waals surface area contributed by atoms with Gasteiger partial charge in [0.25, 0.3) is 0 Å². The van der Waals surface area contributed by atoms with E-state index in [9.17, 15) is 9.59 Å². The van der Waals surface area contributed by atoms with E-state index in [4.69, 9.17) is 10.8 Å². The molecular formula is C8H14N2O3. The summed E-state index contributed by atoms with van der Waals surface area (Å²) >= 11 is 0. The number of amides is 2. The van der Waals surface area contributed by atoms with E-state index in [1.54, 1.807) is 4.90 Å². The van der Waals surface area contributed by atoms with Gasteiger partial charge in [-0.2, -0.15) is 0 Å². The molecule has 13 heavy (non-hydrogen) atoms. The first-order chi connectivity index (χ1) is 6.15. The number of aliphatic hydroxyl groups is 1. The highest BCUT2D eigenvalue weighted by molar-refractivity contribution is 5.79. The van der Waals surface area contributed by atoms with Crippen LogP contribution in [0.4, 0.5) is 0 Å². The molecule has 0 saturated carbocycles. The fraction of sp³-hybridized carbons (Fsp3) is 0.750. The lowest BCUT2D eigenvalue weighted by atomic mass is 9.96. The maximum Gasteiger partial charge on any atom is 0.248 e. The molecule has 0 aromatic rings. The molecule has 1 rings (SSSR count). The van der Waals surface area contributed by atoms with E-state index < -0.39 is 6.61 Å². The lowest BCUT2D eigenvalue weighted by Crippen LogP contribution is -2.42. The third kappa shape index (κ3) is 2.42. The number of rotatable bonds is 2. The van der Waals surface area contributed by atoms with E-state index in [1.165, 1.54) is 0 Å². The van der Waals surface area contributed by atoms with Gasteiger partial charge in [-0.15, -0.1) is 0 Å². The minimum Gasteiger partial charge on any atom is -0.387 e. The number of nitrogens with two attached hydrogens (primary N) is 1. The molecule has 1 saturated heterocycles. The quantitative estimate of drug-likeness (QED) is 0.562. The van der Waals surface area contributed by atoms with Crippen molar-refractivity contribution < 1.29 is 14.7 Å². The SMILES string of the molecule is NC(=O)C1CCN(C(=O)CO)CC1. The smallest absolute Gasteiger partial charge is 0.248 e. The number of hydrogen-bond donors (Lipinski definition) is 2. The molecule has 0 aromatic heterocycles. The third-order valence-electron chi connectivity index (χ3n) is 2.39. The van der Waals surface area contributed by atoms with Gasteiger partial charge in [-0.3, -0.25) is 9.59 Å². The molecule has 2 amide bonds. The largest absolute Gasteiger partial charge is 0.387 e. The highest BCUT2D eigenvalue weighted by atomic mass is 16.3. The summed E-state index contributed by atoms with van der Waals surface area (Å²) in [5.41, 5.74) is 5.13. The zero-order valence-electron chi connectivity index (χ0n) is 7.40. The lowest BCUT2D eigenvalue weighted by molar-refractivity contribution is -0.137. The number of carbonyl (C=O) groups excluding carboxylic acids is 2. The summed E-state index contributed by atoms with van der Waals surface area (Å²) < 4.78 is 0. The van der Waals surface area contributed by atoms with Crippen LogP contribution >= 0.6 is 0 Å². The van der Waals surface area contributed by atoms with Gasteiger partial charge in [0.1, 0.15) is 6.61 Å². The van der Waals surface area contributed by atoms with E-state index in [-0.39, 0.29) is 17.7 Å². The first-order valence-electron chi connectivity index (χ1n) is 4.33. The van der Waals surface area contributed by atoms with Crippen molar-refractivity contribution in [3.05, 3.63) is 0 Å². The molecule has 1 fully saturated rings. The summed E-state index contributed by atoms with van der Waals surface area (Å²) in [5.74, 6) is -0.679. The summed E-state index contributed by atoms with van der Waals surface area (Å²) in [7, 11) is 0. The van der Waals surface area contributed by atoms with Crippen LogP contribution in [0.5, 0.6) is 0 Å². The van der Waals surface area contributed by atoms with E-state index in [1.807, 2.05) is 0 Å². The highest BCUT2D eigenvalue weighted by Crippen LogP contribution is 2.16. The Morgan fingerprint density at radius 3 is 2.31 bits per heavy atom. The van der Waals surface area contributed by atoms with Gasteiger partial charge in [-0.1, -0.05) is 0 Å². The van der Waals surface area contributed by atoms with Gasteiger partial charge >= 0.3 is 0 Å². The van der Waals surface area contributed by atoms with Crippen LogP contribution in [-0.2, 0) is 9.59 Å². The van der Waals surface area contributed by atoms with E-state index in [0.29, 0.717) is 25.9 Å². The maximum absolute atomic E-state index is 11.0. The molecule has 0 atom stereocenters. The Bertz CT molecular complexity index is 209. The first kappa shape index (κ1) is 9.98. The predicted molar refractivity (Wildman–Crippen MR) is 45.6 cm³/mol. The number of carbonyl (C=O) groups is 2. The van der Waals surface area contributed by atoms with Crippen LogP contribution in [0.3, 0.4) is 0 Å².